The summed E-state index contributed by atoms with van der Waals surface area (Å²) in [5.74, 6) is 6.02. The van der Waals surface area contributed by atoms with Crippen LogP contribution in [0.5, 0.6) is 5.75 Å². The van der Waals surface area contributed by atoms with Gasteiger partial charge in [-0.2, -0.15) is 0 Å². The predicted octanol–water partition coefficient (Wildman–Crippen LogP) is 2.48. The van der Waals surface area contributed by atoms with Gasteiger partial charge in [-0.1, -0.05) is 12.1 Å². The van der Waals surface area contributed by atoms with Crippen LogP contribution in [0, 0.1) is 12.7 Å². The average molecular weight is 275 g/mol. The smallest absolute Gasteiger partial charge is 0.137 e. The standard InChI is InChI=1S/C15H18FN3O/c1-3-20-13-6-12(8-18-9-13)15(19-17)11-5-4-10(2)14(16)7-11/h4-9,15,19H,3,17H2,1-2H3. The molecule has 0 aliphatic heterocycles. The molecule has 3 N–H and O–H groups in total. The summed E-state index contributed by atoms with van der Waals surface area (Å²) in [4.78, 5) is 4.12. The van der Waals surface area contributed by atoms with Gasteiger partial charge >= 0.3 is 0 Å². The molecule has 5 heteroatoms. The Morgan fingerprint density at radius 2 is 2.10 bits per heavy atom. The number of nitrogens with one attached hydrogen (secondary N) is 1. The minimum atomic E-state index is -0.335. The van der Waals surface area contributed by atoms with Crippen LogP contribution >= 0.6 is 0 Å². The van der Waals surface area contributed by atoms with E-state index < -0.39 is 0 Å². The van der Waals surface area contributed by atoms with E-state index in [-0.39, 0.29) is 11.9 Å². The van der Waals surface area contributed by atoms with Gasteiger partial charge in [0, 0.05) is 6.20 Å². The summed E-state index contributed by atoms with van der Waals surface area (Å²) < 4.78 is 19.1. The molecule has 0 fully saturated rings. The van der Waals surface area contributed by atoms with Crippen LogP contribution in [0.1, 0.15) is 29.7 Å². The number of hydrogen-bond acceptors (Lipinski definition) is 4. The van der Waals surface area contributed by atoms with Crippen molar-refractivity contribution in [3.05, 3.63) is 59.2 Å². The van der Waals surface area contributed by atoms with Gasteiger partial charge in [-0.3, -0.25) is 10.8 Å². The number of ether oxygens (including phenoxy) is 1. The number of hydrazine groups is 1. The molecule has 0 bridgehead atoms. The Kier molecular flexibility index (Phi) is 4.65. The van der Waals surface area contributed by atoms with Crippen molar-refractivity contribution in [1.29, 1.82) is 0 Å². The predicted molar refractivity (Wildman–Crippen MR) is 75.7 cm³/mol. The molecule has 0 saturated carbocycles. The Hall–Kier alpha value is -1.98. The lowest BCUT2D eigenvalue weighted by molar-refractivity contribution is 0.338. The Bertz CT molecular complexity index is 589. The first kappa shape index (κ1) is 14.4. The summed E-state index contributed by atoms with van der Waals surface area (Å²) >= 11 is 0. The van der Waals surface area contributed by atoms with Gasteiger partial charge in [-0.25, -0.2) is 9.82 Å². The van der Waals surface area contributed by atoms with Crippen LogP contribution in [-0.4, -0.2) is 11.6 Å². The lowest BCUT2D eigenvalue weighted by Gasteiger charge is -2.17. The largest absolute Gasteiger partial charge is 0.492 e. The molecule has 0 amide bonds. The van der Waals surface area contributed by atoms with Crippen LogP contribution < -0.4 is 16.0 Å². The molecule has 1 heterocycles. The molecule has 1 aromatic carbocycles. The molecule has 1 aromatic heterocycles. The van der Waals surface area contributed by atoms with Crippen molar-refractivity contribution in [3.63, 3.8) is 0 Å². The van der Waals surface area contributed by atoms with Gasteiger partial charge in [0.15, 0.2) is 0 Å². The maximum Gasteiger partial charge on any atom is 0.137 e. The first-order valence-electron chi connectivity index (χ1n) is 6.45. The highest BCUT2D eigenvalue weighted by Crippen LogP contribution is 2.25. The fourth-order valence-electron chi connectivity index (χ4n) is 2.01. The molecular formula is C15H18FN3O. The average Bonchev–Trinajstić information content (AvgIpc) is 2.44. The summed E-state index contributed by atoms with van der Waals surface area (Å²) in [6, 6.07) is 6.56. The lowest BCUT2D eigenvalue weighted by Crippen LogP contribution is -2.29. The van der Waals surface area contributed by atoms with Crippen molar-refractivity contribution in [2.24, 2.45) is 5.84 Å². The zero-order chi connectivity index (χ0) is 14.5. The number of nitrogens with two attached hydrogens (primary N) is 1. The van der Waals surface area contributed by atoms with Crippen LogP contribution in [0.3, 0.4) is 0 Å². The van der Waals surface area contributed by atoms with Gasteiger partial charge < -0.3 is 4.74 Å². The summed E-state index contributed by atoms with van der Waals surface area (Å²) in [6.07, 6.45) is 3.32. The van der Waals surface area contributed by atoms with E-state index in [4.69, 9.17) is 10.6 Å². The molecule has 4 nitrogen and oxygen atoms in total. The Morgan fingerprint density at radius 3 is 2.75 bits per heavy atom. The highest BCUT2D eigenvalue weighted by molar-refractivity contribution is 5.35. The van der Waals surface area contributed by atoms with Crippen LogP contribution in [0.15, 0.2) is 36.7 Å². The number of benzene rings is 1. The van der Waals surface area contributed by atoms with Crippen molar-refractivity contribution in [1.82, 2.24) is 10.4 Å². The molecule has 0 saturated heterocycles. The third-order valence-corrected chi connectivity index (χ3v) is 3.07. The number of aryl methyl sites for hydroxylation is 1. The third kappa shape index (κ3) is 3.12. The van der Waals surface area contributed by atoms with Crippen molar-refractivity contribution in [2.45, 2.75) is 19.9 Å². The summed E-state index contributed by atoms with van der Waals surface area (Å²) in [5, 5.41) is 0. The summed E-state index contributed by atoms with van der Waals surface area (Å²) in [5.41, 5.74) is 4.85. The van der Waals surface area contributed by atoms with Gasteiger partial charge in [0.05, 0.1) is 18.8 Å². The van der Waals surface area contributed by atoms with Gasteiger partial charge in [-0.05, 0) is 42.7 Å². The molecule has 2 rings (SSSR count). The maximum absolute atomic E-state index is 13.7. The second-order valence-corrected chi connectivity index (χ2v) is 4.50. The number of halogens is 1. The zero-order valence-electron chi connectivity index (χ0n) is 11.6. The second-order valence-electron chi connectivity index (χ2n) is 4.50. The molecular weight excluding hydrogens is 257 g/mol. The van der Waals surface area contributed by atoms with Crippen molar-refractivity contribution in [3.8, 4) is 5.75 Å². The SMILES string of the molecule is CCOc1cncc(C(NN)c2ccc(C)c(F)c2)c1. The fourth-order valence-corrected chi connectivity index (χ4v) is 2.01. The first-order chi connectivity index (χ1) is 9.65. The van der Waals surface area contributed by atoms with E-state index in [9.17, 15) is 4.39 Å². The minimum Gasteiger partial charge on any atom is -0.492 e. The minimum absolute atomic E-state index is 0.253. The third-order valence-electron chi connectivity index (χ3n) is 3.07. The van der Waals surface area contributed by atoms with E-state index in [0.29, 0.717) is 17.9 Å². The summed E-state index contributed by atoms with van der Waals surface area (Å²) in [7, 11) is 0. The van der Waals surface area contributed by atoms with Gasteiger partial charge in [0.2, 0.25) is 0 Å². The molecule has 1 unspecified atom stereocenters. The highest BCUT2D eigenvalue weighted by atomic mass is 19.1. The van der Waals surface area contributed by atoms with Gasteiger partial charge in [0.25, 0.3) is 0 Å². The molecule has 0 aliphatic rings. The molecule has 0 aliphatic carbocycles. The van der Waals surface area contributed by atoms with Crippen LogP contribution in [-0.2, 0) is 0 Å². The maximum atomic E-state index is 13.7. The van der Waals surface area contributed by atoms with E-state index in [1.807, 2.05) is 19.1 Å². The van der Waals surface area contributed by atoms with Crippen LogP contribution in [0.2, 0.25) is 0 Å². The molecule has 1 atom stereocenters. The molecule has 0 spiro atoms. The topological polar surface area (TPSA) is 60.2 Å². The molecule has 2 aromatic rings. The van der Waals surface area contributed by atoms with Crippen LogP contribution in [0.4, 0.5) is 4.39 Å². The highest BCUT2D eigenvalue weighted by Gasteiger charge is 2.15. The Morgan fingerprint density at radius 1 is 1.30 bits per heavy atom. The number of rotatable bonds is 5. The quantitative estimate of drug-likeness (QED) is 0.650. The monoisotopic (exact) mass is 275 g/mol. The van der Waals surface area contributed by atoms with Crippen molar-refractivity contribution < 1.29 is 9.13 Å². The fraction of sp³-hybridized carbons (Fsp3) is 0.267. The second kappa shape index (κ2) is 6.45. The Labute approximate surface area is 117 Å². The normalized spacial score (nSPS) is 12.2. The number of pyridine rings is 1. The number of aromatic nitrogens is 1. The first-order valence-corrected chi connectivity index (χ1v) is 6.45. The molecule has 106 valence electrons. The van der Waals surface area contributed by atoms with E-state index in [1.165, 1.54) is 6.07 Å². The lowest BCUT2D eigenvalue weighted by atomic mass is 9.99. The van der Waals surface area contributed by atoms with E-state index in [0.717, 1.165) is 11.1 Å². The van der Waals surface area contributed by atoms with Gasteiger partial charge in [0.1, 0.15) is 11.6 Å². The van der Waals surface area contributed by atoms with Crippen molar-refractivity contribution in [2.75, 3.05) is 6.61 Å². The van der Waals surface area contributed by atoms with E-state index >= 15 is 0 Å². The van der Waals surface area contributed by atoms with Crippen molar-refractivity contribution >= 4 is 0 Å². The van der Waals surface area contributed by atoms with E-state index in [2.05, 4.69) is 10.4 Å². The van der Waals surface area contributed by atoms with Gasteiger partial charge in [-0.15, -0.1) is 0 Å². The van der Waals surface area contributed by atoms with E-state index in [1.54, 1.807) is 25.4 Å². The zero-order valence-corrected chi connectivity index (χ0v) is 11.6. The summed E-state index contributed by atoms with van der Waals surface area (Å²) in [6.45, 7) is 4.19. The molecule has 20 heavy (non-hydrogen) atoms. The molecule has 0 radical (unpaired) electrons. The van der Waals surface area contributed by atoms with Crippen LogP contribution in [0.25, 0.3) is 0 Å². The number of hydrogen-bond donors (Lipinski definition) is 2. The number of nitrogens with zero attached hydrogens (tertiary/aromatic N) is 1. The Balaban J connectivity index is 2.36.